The molecule has 1 aromatic rings. The predicted molar refractivity (Wildman–Crippen MR) is 58.8 cm³/mol. The molecule has 4 heteroatoms. The molecule has 0 fully saturated rings. The van der Waals surface area contributed by atoms with Crippen molar-refractivity contribution < 1.29 is 9.53 Å². The van der Waals surface area contributed by atoms with Crippen LogP contribution in [0.25, 0.3) is 0 Å². The number of alkyl halides is 1. The third-order valence-corrected chi connectivity index (χ3v) is 2.20. The van der Waals surface area contributed by atoms with Crippen molar-refractivity contribution in [2.24, 2.45) is 0 Å². The molecule has 0 spiro atoms. The van der Waals surface area contributed by atoms with Crippen molar-refractivity contribution >= 4 is 17.6 Å². The van der Waals surface area contributed by atoms with E-state index in [4.69, 9.17) is 16.3 Å². The number of carbonyl (C=O) groups is 1. The lowest BCUT2D eigenvalue weighted by molar-refractivity contribution is 0.0427. The lowest BCUT2D eigenvalue weighted by Crippen LogP contribution is -2.13. The van der Waals surface area contributed by atoms with E-state index in [0.29, 0.717) is 12.1 Å². The van der Waals surface area contributed by atoms with Gasteiger partial charge >= 0.3 is 5.97 Å². The second-order valence-corrected chi connectivity index (χ2v) is 3.66. The molecule has 1 unspecified atom stereocenters. The van der Waals surface area contributed by atoms with Gasteiger partial charge in [0.05, 0.1) is 0 Å². The Morgan fingerprint density at radius 2 is 2.40 bits per heavy atom. The van der Waals surface area contributed by atoms with E-state index in [2.05, 4.69) is 11.9 Å². The molecule has 1 heterocycles. The highest BCUT2D eigenvalue weighted by molar-refractivity contribution is 6.20. The van der Waals surface area contributed by atoms with Gasteiger partial charge in [-0.2, -0.15) is 0 Å². The van der Waals surface area contributed by atoms with E-state index in [-0.39, 0.29) is 0 Å². The number of pyridine rings is 1. The zero-order valence-corrected chi connectivity index (χ0v) is 9.41. The van der Waals surface area contributed by atoms with Crippen molar-refractivity contribution in [2.75, 3.05) is 0 Å². The number of carbonyl (C=O) groups excluding carboxylic acids is 1. The van der Waals surface area contributed by atoms with Crippen molar-refractivity contribution in [3.05, 3.63) is 30.1 Å². The molecule has 0 amide bonds. The first kappa shape index (κ1) is 12.0. The van der Waals surface area contributed by atoms with Crippen LogP contribution in [-0.4, -0.2) is 16.5 Å². The molecular formula is C11H14ClNO2. The first-order valence-electron chi connectivity index (χ1n) is 5.00. The molecule has 82 valence electrons. The fourth-order valence-electron chi connectivity index (χ4n) is 1.08. The molecule has 0 bridgehead atoms. The number of esters is 1. The van der Waals surface area contributed by atoms with Crippen LogP contribution in [0.1, 0.15) is 36.7 Å². The molecule has 1 atom stereocenters. The van der Waals surface area contributed by atoms with Crippen LogP contribution >= 0.6 is 11.6 Å². The van der Waals surface area contributed by atoms with Crippen molar-refractivity contribution in [1.29, 1.82) is 0 Å². The van der Waals surface area contributed by atoms with E-state index in [9.17, 15) is 4.79 Å². The van der Waals surface area contributed by atoms with E-state index < -0.39 is 11.5 Å². The summed E-state index contributed by atoms with van der Waals surface area (Å²) in [7, 11) is 0. The maximum atomic E-state index is 11.4. The third-order valence-electron chi connectivity index (χ3n) is 1.89. The van der Waals surface area contributed by atoms with Crippen LogP contribution in [-0.2, 0) is 4.74 Å². The second-order valence-electron chi connectivity index (χ2n) is 3.17. The Morgan fingerprint density at radius 3 is 3.00 bits per heavy atom. The Labute approximate surface area is 94.4 Å². The number of nitrogens with zero attached hydrogens (tertiary/aromatic N) is 1. The largest absolute Gasteiger partial charge is 0.441 e. The maximum Gasteiger partial charge on any atom is 0.358 e. The molecule has 0 saturated carbocycles. The van der Waals surface area contributed by atoms with Crippen molar-refractivity contribution in [3.8, 4) is 0 Å². The van der Waals surface area contributed by atoms with E-state index in [1.807, 2.05) is 0 Å². The Bertz CT molecular complexity index is 303. The number of ether oxygens (including phenoxy) is 1. The second kappa shape index (κ2) is 6.40. The Hall–Kier alpha value is -1.09. The third kappa shape index (κ3) is 4.30. The van der Waals surface area contributed by atoms with Gasteiger partial charge in [0.2, 0.25) is 0 Å². The summed E-state index contributed by atoms with van der Waals surface area (Å²) < 4.78 is 5.00. The van der Waals surface area contributed by atoms with Crippen LogP contribution in [0.3, 0.4) is 0 Å². The van der Waals surface area contributed by atoms with Crippen molar-refractivity contribution in [3.63, 3.8) is 0 Å². The van der Waals surface area contributed by atoms with Gasteiger partial charge < -0.3 is 4.74 Å². The van der Waals surface area contributed by atoms with Crippen LogP contribution < -0.4 is 0 Å². The Morgan fingerprint density at radius 1 is 1.60 bits per heavy atom. The molecule has 0 N–H and O–H groups in total. The van der Waals surface area contributed by atoms with Gasteiger partial charge in [-0.1, -0.05) is 31.0 Å². The van der Waals surface area contributed by atoms with E-state index >= 15 is 0 Å². The first-order chi connectivity index (χ1) is 7.24. The number of hydrogen-bond acceptors (Lipinski definition) is 3. The van der Waals surface area contributed by atoms with Gasteiger partial charge in [0.1, 0.15) is 5.69 Å². The molecule has 15 heavy (non-hydrogen) atoms. The highest BCUT2D eigenvalue weighted by Crippen LogP contribution is 2.11. The molecule has 0 aliphatic carbocycles. The zero-order valence-electron chi connectivity index (χ0n) is 8.65. The molecule has 0 aliphatic heterocycles. The molecule has 3 nitrogen and oxygen atoms in total. The minimum Gasteiger partial charge on any atom is -0.441 e. The van der Waals surface area contributed by atoms with Gasteiger partial charge in [0.25, 0.3) is 0 Å². The average Bonchev–Trinajstić information content (AvgIpc) is 2.27. The fourth-order valence-corrected chi connectivity index (χ4v) is 1.32. The van der Waals surface area contributed by atoms with Gasteiger partial charge in [-0.15, -0.1) is 0 Å². The quantitative estimate of drug-likeness (QED) is 0.574. The number of rotatable bonds is 5. The minimum atomic E-state index is -0.556. The summed E-state index contributed by atoms with van der Waals surface area (Å²) in [6.45, 7) is 2.06. The summed E-state index contributed by atoms with van der Waals surface area (Å²) in [5.74, 6) is -0.466. The van der Waals surface area contributed by atoms with Crippen LogP contribution in [0.2, 0.25) is 0 Å². The fraction of sp³-hybridized carbons (Fsp3) is 0.455. The topological polar surface area (TPSA) is 39.2 Å². The van der Waals surface area contributed by atoms with Crippen molar-refractivity contribution in [2.45, 2.75) is 31.7 Å². The van der Waals surface area contributed by atoms with Crippen LogP contribution in [0.4, 0.5) is 0 Å². The number of aromatic nitrogens is 1. The van der Waals surface area contributed by atoms with E-state index in [1.54, 1.807) is 24.4 Å². The molecular weight excluding hydrogens is 214 g/mol. The Balaban J connectivity index is 2.42. The molecule has 1 rings (SSSR count). The number of halogens is 1. The zero-order chi connectivity index (χ0) is 11.1. The van der Waals surface area contributed by atoms with Crippen LogP contribution in [0.15, 0.2) is 24.4 Å². The van der Waals surface area contributed by atoms with Gasteiger partial charge in [-0.3, -0.25) is 0 Å². The molecule has 0 aromatic carbocycles. The van der Waals surface area contributed by atoms with Gasteiger partial charge in [-0.05, 0) is 25.0 Å². The van der Waals surface area contributed by atoms with E-state index in [1.165, 1.54) is 0 Å². The van der Waals surface area contributed by atoms with Crippen molar-refractivity contribution in [1.82, 2.24) is 4.98 Å². The molecule has 1 aromatic heterocycles. The van der Waals surface area contributed by atoms with Gasteiger partial charge in [-0.25, -0.2) is 9.78 Å². The summed E-state index contributed by atoms with van der Waals surface area (Å²) in [4.78, 5) is 15.3. The Kier molecular flexibility index (Phi) is 5.12. The number of hydrogen-bond donors (Lipinski definition) is 0. The highest BCUT2D eigenvalue weighted by atomic mass is 35.5. The van der Waals surface area contributed by atoms with Gasteiger partial charge in [0.15, 0.2) is 5.56 Å². The lowest BCUT2D eigenvalue weighted by atomic mass is 10.3. The molecule has 0 saturated heterocycles. The van der Waals surface area contributed by atoms with E-state index in [0.717, 1.165) is 12.8 Å². The summed E-state index contributed by atoms with van der Waals surface area (Å²) >= 11 is 5.83. The standard InChI is InChI=1S/C11H14ClNO2/c1-2-3-7-10(12)15-11(14)9-6-4-5-8-13-9/h4-6,8,10H,2-3,7H2,1H3. The normalized spacial score (nSPS) is 12.1. The molecule has 0 aliphatic rings. The first-order valence-corrected chi connectivity index (χ1v) is 5.43. The summed E-state index contributed by atoms with van der Waals surface area (Å²) in [5, 5.41) is 0. The maximum absolute atomic E-state index is 11.4. The SMILES string of the molecule is CCCCC(Cl)OC(=O)c1ccccn1. The van der Waals surface area contributed by atoms with Gasteiger partial charge in [0, 0.05) is 6.20 Å². The monoisotopic (exact) mass is 227 g/mol. The highest BCUT2D eigenvalue weighted by Gasteiger charge is 2.13. The summed E-state index contributed by atoms with van der Waals surface area (Å²) in [6.07, 6.45) is 4.20. The number of unbranched alkanes of at least 4 members (excludes halogenated alkanes) is 1. The minimum absolute atomic E-state index is 0.291. The van der Waals surface area contributed by atoms with Crippen LogP contribution in [0, 0.1) is 0 Å². The van der Waals surface area contributed by atoms with Crippen LogP contribution in [0.5, 0.6) is 0 Å². The lowest BCUT2D eigenvalue weighted by Gasteiger charge is -2.09. The molecule has 0 radical (unpaired) electrons. The summed E-state index contributed by atoms with van der Waals surface area (Å²) in [5.41, 5.74) is -0.265. The predicted octanol–water partition coefficient (Wildman–Crippen LogP) is 2.99. The smallest absolute Gasteiger partial charge is 0.358 e. The summed E-state index contributed by atoms with van der Waals surface area (Å²) in [6, 6.07) is 5.08. The average molecular weight is 228 g/mol.